The number of nitrogens with one attached hydrogen (secondary N) is 1. The van der Waals surface area contributed by atoms with E-state index in [1.807, 2.05) is 0 Å². The fraction of sp³-hybridized carbons (Fsp3) is 1.00. The summed E-state index contributed by atoms with van der Waals surface area (Å²) in [5.41, 5.74) is 0. The zero-order valence-electron chi connectivity index (χ0n) is 8.31. The lowest BCUT2D eigenvalue weighted by Crippen LogP contribution is -2.38. The standard InChI is InChI=1S/C10H21NO/c1-3-5-9(4-2)11-10-6-7-12-8-10/h9-11H,3-8H2,1-2H3. The van der Waals surface area contributed by atoms with E-state index < -0.39 is 0 Å². The molecule has 0 saturated carbocycles. The summed E-state index contributed by atoms with van der Waals surface area (Å²) in [6.07, 6.45) is 5.01. The first-order valence-electron chi connectivity index (χ1n) is 5.20. The van der Waals surface area contributed by atoms with E-state index >= 15 is 0 Å². The van der Waals surface area contributed by atoms with Crippen molar-refractivity contribution in [2.45, 2.75) is 51.6 Å². The zero-order chi connectivity index (χ0) is 8.81. The third kappa shape index (κ3) is 3.11. The van der Waals surface area contributed by atoms with Gasteiger partial charge in [0.15, 0.2) is 0 Å². The molecule has 0 bridgehead atoms. The number of rotatable bonds is 5. The van der Waals surface area contributed by atoms with Gasteiger partial charge < -0.3 is 10.1 Å². The first-order valence-corrected chi connectivity index (χ1v) is 5.20. The van der Waals surface area contributed by atoms with Crippen molar-refractivity contribution in [2.24, 2.45) is 0 Å². The lowest BCUT2D eigenvalue weighted by Gasteiger charge is -2.20. The van der Waals surface area contributed by atoms with E-state index in [0.29, 0.717) is 12.1 Å². The summed E-state index contributed by atoms with van der Waals surface area (Å²) in [7, 11) is 0. The van der Waals surface area contributed by atoms with Crippen LogP contribution in [0.2, 0.25) is 0 Å². The highest BCUT2D eigenvalue weighted by Gasteiger charge is 2.17. The molecule has 0 spiro atoms. The van der Waals surface area contributed by atoms with Crippen molar-refractivity contribution in [1.82, 2.24) is 5.32 Å². The van der Waals surface area contributed by atoms with E-state index in [-0.39, 0.29) is 0 Å². The maximum atomic E-state index is 5.32. The van der Waals surface area contributed by atoms with Gasteiger partial charge in [0.25, 0.3) is 0 Å². The van der Waals surface area contributed by atoms with Gasteiger partial charge in [-0.05, 0) is 19.3 Å². The second kappa shape index (κ2) is 5.55. The fourth-order valence-electron chi connectivity index (χ4n) is 1.75. The van der Waals surface area contributed by atoms with Crippen LogP contribution >= 0.6 is 0 Å². The van der Waals surface area contributed by atoms with Crippen molar-refractivity contribution in [1.29, 1.82) is 0 Å². The number of hydrogen-bond acceptors (Lipinski definition) is 2. The van der Waals surface area contributed by atoms with Crippen LogP contribution in [-0.4, -0.2) is 25.3 Å². The van der Waals surface area contributed by atoms with Gasteiger partial charge in [-0.2, -0.15) is 0 Å². The Balaban J connectivity index is 2.16. The molecule has 0 radical (unpaired) electrons. The summed E-state index contributed by atoms with van der Waals surface area (Å²) in [6.45, 7) is 6.36. The van der Waals surface area contributed by atoms with Gasteiger partial charge in [-0.25, -0.2) is 0 Å². The van der Waals surface area contributed by atoms with E-state index in [9.17, 15) is 0 Å². The fourth-order valence-corrected chi connectivity index (χ4v) is 1.75. The Bertz CT molecular complexity index is 110. The topological polar surface area (TPSA) is 21.3 Å². The summed E-state index contributed by atoms with van der Waals surface area (Å²) < 4.78 is 5.32. The lowest BCUT2D eigenvalue weighted by molar-refractivity contribution is 0.187. The largest absolute Gasteiger partial charge is 0.380 e. The maximum Gasteiger partial charge on any atom is 0.0620 e. The Morgan fingerprint density at radius 3 is 2.83 bits per heavy atom. The minimum atomic E-state index is 0.626. The summed E-state index contributed by atoms with van der Waals surface area (Å²) in [6, 6.07) is 1.34. The first kappa shape index (κ1) is 10.0. The minimum Gasteiger partial charge on any atom is -0.380 e. The lowest BCUT2D eigenvalue weighted by atomic mass is 10.1. The molecule has 12 heavy (non-hydrogen) atoms. The molecule has 2 nitrogen and oxygen atoms in total. The molecule has 1 heterocycles. The highest BCUT2D eigenvalue weighted by molar-refractivity contribution is 4.76. The summed E-state index contributed by atoms with van der Waals surface area (Å²) >= 11 is 0. The highest BCUT2D eigenvalue weighted by Crippen LogP contribution is 2.08. The number of ether oxygens (including phenoxy) is 1. The van der Waals surface area contributed by atoms with Crippen LogP contribution in [0.5, 0.6) is 0 Å². The zero-order valence-corrected chi connectivity index (χ0v) is 8.31. The quantitative estimate of drug-likeness (QED) is 0.682. The van der Waals surface area contributed by atoms with Crippen molar-refractivity contribution in [2.75, 3.05) is 13.2 Å². The second-order valence-electron chi connectivity index (χ2n) is 3.62. The van der Waals surface area contributed by atoms with Gasteiger partial charge in [-0.1, -0.05) is 20.3 Å². The Hall–Kier alpha value is -0.0800. The molecule has 0 aromatic rings. The van der Waals surface area contributed by atoms with Gasteiger partial charge in [0.05, 0.1) is 6.61 Å². The SMILES string of the molecule is CCCC(CC)NC1CCOC1. The van der Waals surface area contributed by atoms with E-state index in [4.69, 9.17) is 4.74 Å². The van der Waals surface area contributed by atoms with E-state index in [2.05, 4.69) is 19.2 Å². The van der Waals surface area contributed by atoms with Crippen LogP contribution in [0, 0.1) is 0 Å². The molecule has 1 rings (SSSR count). The molecule has 0 aromatic heterocycles. The minimum absolute atomic E-state index is 0.626. The molecule has 2 atom stereocenters. The average molecular weight is 171 g/mol. The number of hydrogen-bond donors (Lipinski definition) is 1. The average Bonchev–Trinajstić information content (AvgIpc) is 2.56. The van der Waals surface area contributed by atoms with Gasteiger partial charge >= 0.3 is 0 Å². The monoisotopic (exact) mass is 171 g/mol. The predicted molar refractivity (Wildman–Crippen MR) is 51.3 cm³/mol. The van der Waals surface area contributed by atoms with Crippen molar-refractivity contribution < 1.29 is 4.74 Å². The van der Waals surface area contributed by atoms with Crippen LogP contribution in [0.4, 0.5) is 0 Å². The molecule has 1 aliphatic rings. The van der Waals surface area contributed by atoms with Crippen LogP contribution in [0.1, 0.15) is 39.5 Å². The normalized spacial score (nSPS) is 26.0. The molecule has 2 unspecified atom stereocenters. The molecule has 1 fully saturated rings. The van der Waals surface area contributed by atoms with Crippen LogP contribution in [-0.2, 0) is 4.74 Å². The molecular formula is C10H21NO. The molecular weight excluding hydrogens is 150 g/mol. The Kier molecular flexibility index (Phi) is 4.62. The molecule has 1 saturated heterocycles. The maximum absolute atomic E-state index is 5.32. The van der Waals surface area contributed by atoms with Crippen LogP contribution in [0.25, 0.3) is 0 Å². The molecule has 1 N–H and O–H groups in total. The van der Waals surface area contributed by atoms with E-state index in [1.54, 1.807) is 0 Å². The van der Waals surface area contributed by atoms with Crippen molar-refractivity contribution >= 4 is 0 Å². The molecule has 1 aliphatic heterocycles. The van der Waals surface area contributed by atoms with Crippen LogP contribution in [0.3, 0.4) is 0 Å². The molecule has 0 amide bonds. The van der Waals surface area contributed by atoms with Crippen LogP contribution < -0.4 is 5.32 Å². The van der Waals surface area contributed by atoms with Crippen LogP contribution in [0.15, 0.2) is 0 Å². The molecule has 72 valence electrons. The van der Waals surface area contributed by atoms with Crippen molar-refractivity contribution in [3.63, 3.8) is 0 Å². The van der Waals surface area contributed by atoms with Gasteiger partial charge in [-0.15, -0.1) is 0 Å². The van der Waals surface area contributed by atoms with Gasteiger partial charge in [-0.3, -0.25) is 0 Å². The Morgan fingerprint density at radius 1 is 1.50 bits per heavy atom. The summed E-state index contributed by atoms with van der Waals surface area (Å²) in [5, 5.41) is 3.64. The van der Waals surface area contributed by atoms with Gasteiger partial charge in [0, 0.05) is 18.7 Å². The third-order valence-electron chi connectivity index (χ3n) is 2.53. The predicted octanol–water partition coefficient (Wildman–Crippen LogP) is 1.94. The summed E-state index contributed by atoms with van der Waals surface area (Å²) in [5.74, 6) is 0. The highest BCUT2D eigenvalue weighted by atomic mass is 16.5. The van der Waals surface area contributed by atoms with Crippen molar-refractivity contribution in [3.05, 3.63) is 0 Å². The second-order valence-corrected chi connectivity index (χ2v) is 3.62. The Labute approximate surface area is 75.7 Å². The van der Waals surface area contributed by atoms with E-state index in [1.165, 1.54) is 25.7 Å². The third-order valence-corrected chi connectivity index (χ3v) is 2.53. The first-order chi connectivity index (χ1) is 5.86. The summed E-state index contributed by atoms with van der Waals surface area (Å²) in [4.78, 5) is 0. The molecule has 0 aliphatic carbocycles. The van der Waals surface area contributed by atoms with Gasteiger partial charge in [0.1, 0.15) is 0 Å². The Morgan fingerprint density at radius 2 is 2.33 bits per heavy atom. The smallest absolute Gasteiger partial charge is 0.0620 e. The van der Waals surface area contributed by atoms with Gasteiger partial charge in [0.2, 0.25) is 0 Å². The molecule has 2 heteroatoms. The van der Waals surface area contributed by atoms with Crippen molar-refractivity contribution in [3.8, 4) is 0 Å². The molecule has 0 aromatic carbocycles. The van der Waals surface area contributed by atoms with E-state index in [0.717, 1.165) is 13.2 Å².